The Kier molecular flexibility index (Phi) is 5.71. The Balaban J connectivity index is 0.00000208. The maximum absolute atomic E-state index is 12.2. The molecule has 1 aromatic carbocycles. The van der Waals surface area contributed by atoms with E-state index < -0.39 is 5.91 Å². The van der Waals surface area contributed by atoms with Crippen LogP contribution < -0.4 is 16.6 Å². The second-order valence-corrected chi connectivity index (χ2v) is 6.08. The number of hydrogen-bond acceptors (Lipinski definition) is 5. The van der Waals surface area contributed by atoms with E-state index in [1.807, 2.05) is 36.6 Å². The smallest absolute Gasteiger partial charge is 0.287 e. The number of aromatic nitrogens is 2. The number of nitrogens with zero attached hydrogens (tertiary/aromatic N) is 1. The number of amides is 1. The van der Waals surface area contributed by atoms with Gasteiger partial charge in [-0.15, -0.1) is 23.7 Å². The Morgan fingerprint density at radius 1 is 1.38 bits per heavy atom. The molecule has 3 aromatic rings. The van der Waals surface area contributed by atoms with Gasteiger partial charge < -0.3 is 16.0 Å². The van der Waals surface area contributed by atoms with Crippen molar-refractivity contribution in [3.05, 3.63) is 62.5 Å². The van der Waals surface area contributed by atoms with Crippen LogP contribution in [-0.2, 0) is 13.1 Å². The molecular formula is C16H17ClN4O2S. The molecule has 0 aliphatic carbocycles. The van der Waals surface area contributed by atoms with Crippen molar-refractivity contribution in [2.24, 2.45) is 5.73 Å². The zero-order valence-electron chi connectivity index (χ0n) is 13.0. The Morgan fingerprint density at radius 3 is 2.88 bits per heavy atom. The molecule has 2 heterocycles. The van der Waals surface area contributed by atoms with Crippen LogP contribution in [0.4, 0.5) is 0 Å². The van der Waals surface area contributed by atoms with E-state index in [4.69, 9.17) is 5.73 Å². The number of carbonyl (C=O) groups is 1. The molecule has 3 rings (SSSR count). The summed E-state index contributed by atoms with van der Waals surface area (Å²) in [4.78, 5) is 31.6. The number of H-pyrrole nitrogens is 1. The standard InChI is InChI=1S/C16H16N4O2S.ClH/c1-9-8-23-16-12(9)14(21)19-13(20-16)15(22)18-7-11-4-2-3-10(5-11)6-17;/h2-5,8H,6-7,17H2,1H3,(H,18,22)(H,19,20,21);1H. The predicted molar refractivity (Wildman–Crippen MR) is 97.7 cm³/mol. The fourth-order valence-electron chi connectivity index (χ4n) is 2.33. The molecule has 24 heavy (non-hydrogen) atoms. The van der Waals surface area contributed by atoms with Gasteiger partial charge in [-0.2, -0.15) is 0 Å². The van der Waals surface area contributed by atoms with Crippen molar-refractivity contribution in [1.82, 2.24) is 15.3 Å². The van der Waals surface area contributed by atoms with Crippen molar-refractivity contribution in [3.63, 3.8) is 0 Å². The highest BCUT2D eigenvalue weighted by Gasteiger charge is 2.13. The van der Waals surface area contributed by atoms with Crippen LogP contribution in [0.5, 0.6) is 0 Å². The number of fused-ring (bicyclic) bond motifs is 1. The maximum atomic E-state index is 12.2. The minimum absolute atomic E-state index is 0. The lowest BCUT2D eigenvalue weighted by Crippen LogP contribution is -2.27. The van der Waals surface area contributed by atoms with Gasteiger partial charge in [-0.3, -0.25) is 9.59 Å². The fourth-order valence-corrected chi connectivity index (χ4v) is 3.25. The third-order valence-electron chi connectivity index (χ3n) is 3.52. The van der Waals surface area contributed by atoms with E-state index in [9.17, 15) is 9.59 Å². The lowest BCUT2D eigenvalue weighted by atomic mass is 10.1. The van der Waals surface area contributed by atoms with Gasteiger partial charge in [0.25, 0.3) is 11.5 Å². The molecule has 0 saturated heterocycles. The van der Waals surface area contributed by atoms with Crippen molar-refractivity contribution in [2.75, 3.05) is 0 Å². The lowest BCUT2D eigenvalue weighted by molar-refractivity contribution is 0.0940. The number of hydrogen-bond donors (Lipinski definition) is 3. The summed E-state index contributed by atoms with van der Waals surface area (Å²) in [6, 6.07) is 7.66. The van der Waals surface area contributed by atoms with Crippen LogP contribution in [-0.4, -0.2) is 15.9 Å². The van der Waals surface area contributed by atoms with Crippen LogP contribution in [0.25, 0.3) is 10.2 Å². The van der Waals surface area contributed by atoms with Crippen molar-refractivity contribution in [2.45, 2.75) is 20.0 Å². The highest BCUT2D eigenvalue weighted by atomic mass is 35.5. The van der Waals surface area contributed by atoms with Crippen molar-refractivity contribution in [1.29, 1.82) is 0 Å². The highest BCUT2D eigenvalue weighted by molar-refractivity contribution is 7.16. The van der Waals surface area contributed by atoms with Gasteiger partial charge in [0.1, 0.15) is 4.83 Å². The van der Waals surface area contributed by atoms with E-state index in [1.54, 1.807) is 0 Å². The van der Waals surface area contributed by atoms with Crippen molar-refractivity contribution in [3.8, 4) is 0 Å². The van der Waals surface area contributed by atoms with Crippen LogP contribution in [0.3, 0.4) is 0 Å². The second-order valence-electron chi connectivity index (χ2n) is 5.22. The molecule has 0 saturated carbocycles. The summed E-state index contributed by atoms with van der Waals surface area (Å²) < 4.78 is 0. The number of rotatable bonds is 4. The quantitative estimate of drug-likeness (QED) is 0.659. The van der Waals surface area contributed by atoms with E-state index in [2.05, 4.69) is 15.3 Å². The van der Waals surface area contributed by atoms with E-state index >= 15 is 0 Å². The molecule has 0 aliphatic rings. The number of aromatic amines is 1. The van der Waals surface area contributed by atoms with Gasteiger partial charge in [-0.05, 0) is 29.0 Å². The second kappa shape index (κ2) is 7.57. The topological polar surface area (TPSA) is 101 Å². The molecule has 0 aliphatic heterocycles. The molecule has 1 amide bonds. The first-order valence-corrected chi connectivity index (χ1v) is 8.00. The molecule has 126 valence electrons. The predicted octanol–water partition coefficient (Wildman–Crippen LogP) is 2.10. The van der Waals surface area contributed by atoms with Gasteiger partial charge in [-0.1, -0.05) is 24.3 Å². The first-order chi connectivity index (χ1) is 11.1. The Bertz CT molecular complexity index is 935. The SMILES string of the molecule is Cc1csc2nc(C(=O)NCc3cccc(CN)c3)[nH]c(=O)c12.Cl. The molecule has 0 radical (unpaired) electrons. The summed E-state index contributed by atoms with van der Waals surface area (Å²) in [6.07, 6.45) is 0. The van der Waals surface area contributed by atoms with E-state index in [-0.39, 0.29) is 23.8 Å². The number of carbonyl (C=O) groups excluding carboxylic acids is 1. The van der Waals surface area contributed by atoms with E-state index in [0.29, 0.717) is 23.3 Å². The van der Waals surface area contributed by atoms with Crippen molar-refractivity contribution >= 4 is 39.9 Å². The number of thiophene rings is 1. The highest BCUT2D eigenvalue weighted by Crippen LogP contribution is 2.19. The summed E-state index contributed by atoms with van der Waals surface area (Å²) in [6.45, 7) is 2.64. The monoisotopic (exact) mass is 364 g/mol. The van der Waals surface area contributed by atoms with Crippen molar-refractivity contribution < 1.29 is 4.79 Å². The first kappa shape index (κ1) is 18.1. The van der Waals surface area contributed by atoms with E-state index in [1.165, 1.54) is 11.3 Å². The number of nitrogens with two attached hydrogens (primary N) is 1. The van der Waals surface area contributed by atoms with Crippen LogP contribution in [0, 0.1) is 6.92 Å². The van der Waals surface area contributed by atoms with E-state index in [0.717, 1.165) is 16.7 Å². The summed E-state index contributed by atoms with van der Waals surface area (Å²) in [5, 5.41) is 5.16. The third kappa shape index (κ3) is 3.64. The molecule has 2 aromatic heterocycles. The zero-order valence-corrected chi connectivity index (χ0v) is 14.6. The molecule has 0 spiro atoms. The molecule has 8 heteroatoms. The Hall–Kier alpha value is -2.22. The molecule has 4 N–H and O–H groups in total. The molecule has 0 atom stereocenters. The Labute approximate surface area is 148 Å². The van der Waals surface area contributed by atoms with Crippen LogP contribution >= 0.6 is 23.7 Å². The molecule has 6 nitrogen and oxygen atoms in total. The van der Waals surface area contributed by atoms with Crippen LogP contribution in [0.15, 0.2) is 34.4 Å². The van der Waals surface area contributed by atoms with Gasteiger partial charge >= 0.3 is 0 Å². The third-order valence-corrected chi connectivity index (χ3v) is 4.51. The average Bonchev–Trinajstić information content (AvgIpc) is 2.94. The van der Waals surface area contributed by atoms with Crippen LogP contribution in [0.1, 0.15) is 27.3 Å². The lowest BCUT2D eigenvalue weighted by Gasteiger charge is -2.06. The van der Waals surface area contributed by atoms with Crippen LogP contribution in [0.2, 0.25) is 0 Å². The average molecular weight is 365 g/mol. The Morgan fingerprint density at radius 2 is 2.12 bits per heavy atom. The van der Waals surface area contributed by atoms with Gasteiger partial charge in [0.05, 0.1) is 5.39 Å². The fraction of sp³-hybridized carbons (Fsp3) is 0.188. The summed E-state index contributed by atoms with van der Waals surface area (Å²) >= 11 is 1.35. The minimum Gasteiger partial charge on any atom is -0.345 e. The number of halogens is 1. The molecule has 0 fully saturated rings. The summed E-state index contributed by atoms with van der Waals surface area (Å²) in [5.74, 6) is -0.382. The largest absolute Gasteiger partial charge is 0.345 e. The molecule has 0 unspecified atom stereocenters. The number of aryl methyl sites for hydroxylation is 1. The van der Waals surface area contributed by atoms with Gasteiger partial charge in [0.15, 0.2) is 0 Å². The summed E-state index contributed by atoms with van der Waals surface area (Å²) in [5.41, 5.74) is 8.12. The number of nitrogens with one attached hydrogen (secondary N) is 2. The molecule has 0 bridgehead atoms. The summed E-state index contributed by atoms with van der Waals surface area (Å²) in [7, 11) is 0. The first-order valence-electron chi connectivity index (χ1n) is 7.12. The zero-order chi connectivity index (χ0) is 16.4. The number of benzene rings is 1. The van der Waals surface area contributed by atoms with Gasteiger partial charge in [0.2, 0.25) is 5.82 Å². The minimum atomic E-state index is -0.409. The molecular weight excluding hydrogens is 348 g/mol. The van der Waals surface area contributed by atoms with Gasteiger partial charge in [0, 0.05) is 13.1 Å². The maximum Gasteiger partial charge on any atom is 0.287 e. The normalized spacial score (nSPS) is 10.4. The van der Waals surface area contributed by atoms with Gasteiger partial charge in [-0.25, -0.2) is 4.98 Å².